The second-order valence-electron chi connectivity index (χ2n) is 5.39. The van der Waals surface area contributed by atoms with E-state index in [-0.39, 0.29) is 11.9 Å². The van der Waals surface area contributed by atoms with Crippen molar-refractivity contribution in [3.05, 3.63) is 33.8 Å². The number of amides is 1. The van der Waals surface area contributed by atoms with Crippen LogP contribution in [0.5, 0.6) is 0 Å². The molecule has 0 radical (unpaired) electrons. The van der Waals surface area contributed by atoms with Crippen molar-refractivity contribution in [3.63, 3.8) is 0 Å². The lowest BCUT2D eigenvalue weighted by atomic mass is 9.92. The summed E-state index contributed by atoms with van der Waals surface area (Å²) in [7, 11) is 0. The zero-order chi connectivity index (χ0) is 14.5. The van der Waals surface area contributed by atoms with Crippen molar-refractivity contribution in [1.29, 1.82) is 0 Å². The van der Waals surface area contributed by atoms with Crippen LogP contribution in [-0.4, -0.2) is 25.0 Å². The number of nitrogens with one attached hydrogen (secondary N) is 2. The first-order valence-corrected chi connectivity index (χ1v) is 7.76. The van der Waals surface area contributed by atoms with Crippen LogP contribution in [0.4, 0.5) is 0 Å². The molecule has 2 atom stereocenters. The third-order valence-corrected chi connectivity index (χ3v) is 4.52. The van der Waals surface area contributed by atoms with Crippen molar-refractivity contribution < 1.29 is 4.79 Å². The van der Waals surface area contributed by atoms with Crippen molar-refractivity contribution in [2.75, 3.05) is 13.1 Å². The quantitative estimate of drug-likeness (QED) is 0.897. The van der Waals surface area contributed by atoms with Crippen molar-refractivity contribution in [1.82, 2.24) is 10.6 Å². The van der Waals surface area contributed by atoms with Crippen LogP contribution < -0.4 is 10.6 Å². The molecule has 0 aliphatic carbocycles. The second kappa shape index (κ2) is 7.30. The molecule has 1 aromatic rings. The Kier molecular flexibility index (Phi) is 5.70. The highest BCUT2D eigenvalue weighted by Gasteiger charge is 2.21. The first kappa shape index (κ1) is 15.6. The highest BCUT2D eigenvalue weighted by atomic mass is 35.5. The van der Waals surface area contributed by atoms with Gasteiger partial charge in [-0.05, 0) is 56.5 Å². The minimum atomic E-state index is 0.0291. The van der Waals surface area contributed by atoms with E-state index in [1.807, 2.05) is 6.07 Å². The molecular weight excluding hydrogens is 295 g/mol. The van der Waals surface area contributed by atoms with E-state index in [4.69, 9.17) is 23.2 Å². The Morgan fingerprint density at radius 1 is 1.45 bits per heavy atom. The predicted molar refractivity (Wildman–Crippen MR) is 83.4 cm³/mol. The molecule has 1 fully saturated rings. The van der Waals surface area contributed by atoms with Gasteiger partial charge in [0.2, 0.25) is 5.91 Å². The monoisotopic (exact) mass is 314 g/mol. The van der Waals surface area contributed by atoms with Gasteiger partial charge in [-0.2, -0.15) is 0 Å². The van der Waals surface area contributed by atoms with Crippen molar-refractivity contribution in [2.24, 2.45) is 5.92 Å². The van der Waals surface area contributed by atoms with E-state index in [2.05, 4.69) is 17.6 Å². The normalized spacial score (nSPS) is 20.4. The summed E-state index contributed by atoms with van der Waals surface area (Å²) < 4.78 is 0. The molecule has 5 heteroatoms. The molecule has 2 unspecified atom stereocenters. The van der Waals surface area contributed by atoms with Gasteiger partial charge >= 0.3 is 0 Å². The van der Waals surface area contributed by atoms with E-state index >= 15 is 0 Å². The van der Waals surface area contributed by atoms with E-state index in [0.717, 1.165) is 18.7 Å². The summed E-state index contributed by atoms with van der Waals surface area (Å²) in [5, 5.41) is 7.45. The zero-order valence-corrected chi connectivity index (χ0v) is 13.1. The number of carbonyl (C=O) groups is 1. The van der Waals surface area contributed by atoms with Crippen LogP contribution in [0, 0.1) is 5.92 Å². The number of halogens is 2. The number of rotatable bonds is 4. The van der Waals surface area contributed by atoms with Crippen molar-refractivity contribution in [3.8, 4) is 0 Å². The Labute approximate surface area is 130 Å². The third-order valence-electron chi connectivity index (χ3n) is 3.78. The average Bonchev–Trinajstić information content (AvgIpc) is 2.44. The third kappa shape index (κ3) is 4.37. The maximum absolute atomic E-state index is 12.1. The number of hydrogen-bond donors (Lipinski definition) is 2. The molecule has 20 heavy (non-hydrogen) atoms. The van der Waals surface area contributed by atoms with Gasteiger partial charge in [0.1, 0.15) is 0 Å². The van der Waals surface area contributed by atoms with Crippen LogP contribution in [0.1, 0.15) is 25.3 Å². The van der Waals surface area contributed by atoms with Crippen LogP contribution >= 0.6 is 23.2 Å². The van der Waals surface area contributed by atoms with E-state index in [9.17, 15) is 4.79 Å². The number of carbonyl (C=O) groups excluding carboxylic acids is 1. The number of benzene rings is 1. The van der Waals surface area contributed by atoms with E-state index in [0.29, 0.717) is 22.4 Å². The molecule has 1 saturated heterocycles. The molecule has 0 aromatic heterocycles. The standard InChI is InChI=1S/C15H20Cl2N2O/c1-10(12-3-2-6-18-9-12)19-15(20)8-11-4-5-13(16)14(17)7-11/h4-5,7,10,12,18H,2-3,6,8-9H2,1H3,(H,19,20). The van der Waals surface area contributed by atoms with Crippen LogP contribution in [0.25, 0.3) is 0 Å². The second-order valence-corrected chi connectivity index (χ2v) is 6.20. The van der Waals surface area contributed by atoms with E-state index < -0.39 is 0 Å². The summed E-state index contributed by atoms with van der Waals surface area (Å²) in [5.41, 5.74) is 0.880. The fourth-order valence-corrected chi connectivity index (χ4v) is 2.88. The molecule has 3 nitrogen and oxygen atoms in total. The molecule has 0 spiro atoms. The fraction of sp³-hybridized carbons (Fsp3) is 0.533. The Morgan fingerprint density at radius 2 is 2.25 bits per heavy atom. The zero-order valence-electron chi connectivity index (χ0n) is 11.6. The molecule has 1 aliphatic rings. The first-order valence-electron chi connectivity index (χ1n) is 7.00. The van der Waals surface area contributed by atoms with Gasteiger partial charge < -0.3 is 10.6 Å². The summed E-state index contributed by atoms with van der Waals surface area (Å²) in [6.07, 6.45) is 2.68. The molecular formula is C15H20Cl2N2O. The van der Waals surface area contributed by atoms with Gasteiger partial charge in [0, 0.05) is 6.04 Å². The Balaban J connectivity index is 1.86. The Bertz CT molecular complexity index is 473. The van der Waals surface area contributed by atoms with Gasteiger partial charge in [-0.25, -0.2) is 0 Å². The minimum Gasteiger partial charge on any atom is -0.353 e. The van der Waals surface area contributed by atoms with Gasteiger partial charge in [0.15, 0.2) is 0 Å². The highest BCUT2D eigenvalue weighted by Crippen LogP contribution is 2.23. The molecule has 1 heterocycles. The molecule has 0 bridgehead atoms. The molecule has 2 rings (SSSR count). The molecule has 1 amide bonds. The van der Waals surface area contributed by atoms with Crippen LogP contribution in [0.2, 0.25) is 10.0 Å². The van der Waals surface area contributed by atoms with Crippen LogP contribution in [-0.2, 0) is 11.2 Å². The SMILES string of the molecule is CC(NC(=O)Cc1ccc(Cl)c(Cl)c1)C1CCCNC1. The maximum Gasteiger partial charge on any atom is 0.224 e. The van der Waals surface area contributed by atoms with Gasteiger partial charge in [0.05, 0.1) is 16.5 Å². The van der Waals surface area contributed by atoms with Crippen LogP contribution in [0.3, 0.4) is 0 Å². The van der Waals surface area contributed by atoms with Crippen molar-refractivity contribution >= 4 is 29.1 Å². The molecule has 110 valence electrons. The van der Waals surface area contributed by atoms with Gasteiger partial charge in [-0.1, -0.05) is 29.3 Å². The van der Waals surface area contributed by atoms with E-state index in [1.54, 1.807) is 12.1 Å². The Morgan fingerprint density at radius 3 is 2.90 bits per heavy atom. The number of hydrogen-bond acceptors (Lipinski definition) is 2. The van der Waals surface area contributed by atoms with E-state index in [1.165, 1.54) is 12.8 Å². The molecule has 1 aromatic carbocycles. The summed E-state index contributed by atoms with van der Waals surface area (Å²) in [5.74, 6) is 0.544. The van der Waals surface area contributed by atoms with Crippen LogP contribution in [0.15, 0.2) is 18.2 Å². The predicted octanol–water partition coefficient (Wildman–Crippen LogP) is 3.04. The summed E-state index contributed by atoms with van der Waals surface area (Å²) in [6, 6.07) is 5.50. The summed E-state index contributed by atoms with van der Waals surface area (Å²) >= 11 is 11.8. The molecule has 1 aliphatic heterocycles. The number of piperidine rings is 1. The summed E-state index contributed by atoms with van der Waals surface area (Å²) in [6.45, 7) is 4.14. The highest BCUT2D eigenvalue weighted by molar-refractivity contribution is 6.42. The molecule has 0 saturated carbocycles. The van der Waals surface area contributed by atoms with Gasteiger partial charge in [0.25, 0.3) is 0 Å². The van der Waals surface area contributed by atoms with Crippen molar-refractivity contribution in [2.45, 2.75) is 32.2 Å². The fourth-order valence-electron chi connectivity index (χ4n) is 2.56. The average molecular weight is 315 g/mol. The van der Waals surface area contributed by atoms with Gasteiger partial charge in [-0.15, -0.1) is 0 Å². The smallest absolute Gasteiger partial charge is 0.224 e. The maximum atomic E-state index is 12.1. The molecule has 2 N–H and O–H groups in total. The largest absolute Gasteiger partial charge is 0.353 e. The lowest BCUT2D eigenvalue weighted by molar-refractivity contribution is -0.121. The lowest BCUT2D eigenvalue weighted by Gasteiger charge is -2.29. The summed E-state index contributed by atoms with van der Waals surface area (Å²) in [4.78, 5) is 12.1. The van der Waals surface area contributed by atoms with Gasteiger partial charge in [-0.3, -0.25) is 4.79 Å². The minimum absolute atomic E-state index is 0.0291. The first-order chi connectivity index (χ1) is 9.56. The topological polar surface area (TPSA) is 41.1 Å². The lowest BCUT2D eigenvalue weighted by Crippen LogP contribution is -2.45. The Hall–Kier alpha value is -0.770.